The summed E-state index contributed by atoms with van der Waals surface area (Å²) in [6, 6.07) is 7.61. The Hall–Kier alpha value is -0.750. The number of para-hydroxylation sites is 1. The highest BCUT2D eigenvalue weighted by atomic mass is 35.6. The zero-order chi connectivity index (χ0) is 16.0. The minimum Gasteiger partial charge on any atom is -0.339 e. The summed E-state index contributed by atoms with van der Waals surface area (Å²) in [5.74, 6) is -0.252. The van der Waals surface area contributed by atoms with Crippen LogP contribution >= 0.6 is 47.0 Å². The smallest absolute Gasteiger partial charge is 0.228 e. The van der Waals surface area contributed by atoms with Crippen molar-refractivity contribution in [3.63, 3.8) is 0 Å². The van der Waals surface area contributed by atoms with Crippen molar-refractivity contribution < 1.29 is 4.79 Å². The molecule has 4 nitrogen and oxygen atoms in total. The van der Waals surface area contributed by atoms with Gasteiger partial charge in [-0.15, -0.1) is 0 Å². The van der Waals surface area contributed by atoms with E-state index in [0.717, 1.165) is 11.3 Å². The number of carbonyl (C=O) groups is 1. The molecule has 0 aliphatic heterocycles. The number of alkyl halides is 3. The first kappa shape index (κ1) is 18.3. The molecule has 8 heteroatoms. The van der Waals surface area contributed by atoms with Crippen LogP contribution < -0.4 is 16.0 Å². The van der Waals surface area contributed by atoms with Gasteiger partial charge in [-0.3, -0.25) is 4.79 Å². The van der Waals surface area contributed by atoms with Gasteiger partial charge in [-0.25, -0.2) is 0 Å². The lowest BCUT2D eigenvalue weighted by Gasteiger charge is -2.27. The predicted molar refractivity (Wildman–Crippen MR) is 93.0 cm³/mol. The minimum absolute atomic E-state index is 0.247. The summed E-state index contributed by atoms with van der Waals surface area (Å²) in [6.45, 7) is 3.64. The molecule has 1 rings (SSSR count). The third-order valence-corrected chi connectivity index (χ3v) is 3.50. The number of rotatable bonds is 4. The second-order valence-electron chi connectivity index (χ2n) is 4.31. The third-order valence-electron chi connectivity index (χ3n) is 2.62. The van der Waals surface area contributed by atoms with Crippen molar-refractivity contribution in [3.8, 4) is 0 Å². The first-order valence-electron chi connectivity index (χ1n) is 6.23. The summed E-state index contributed by atoms with van der Waals surface area (Å²) in [4.78, 5) is 11.5. The van der Waals surface area contributed by atoms with Gasteiger partial charge >= 0.3 is 0 Å². The van der Waals surface area contributed by atoms with Gasteiger partial charge in [-0.2, -0.15) is 0 Å². The van der Waals surface area contributed by atoms with E-state index in [1.165, 1.54) is 0 Å². The summed E-state index contributed by atoms with van der Waals surface area (Å²) in [5.41, 5.74) is 1.85. The zero-order valence-electron chi connectivity index (χ0n) is 11.5. The van der Waals surface area contributed by atoms with Crippen molar-refractivity contribution in [1.82, 2.24) is 10.6 Å². The molecular weight excluding hydrogens is 353 g/mol. The normalized spacial score (nSPS) is 12.4. The molecule has 116 valence electrons. The number of thiocarbonyl (C=S) groups is 1. The maximum atomic E-state index is 11.5. The molecule has 0 aliphatic rings. The van der Waals surface area contributed by atoms with Gasteiger partial charge < -0.3 is 16.0 Å². The quantitative estimate of drug-likeness (QED) is 0.432. The summed E-state index contributed by atoms with van der Waals surface area (Å²) in [5, 5.41) is 8.60. The number of halogens is 3. The molecule has 0 aliphatic carbocycles. The van der Waals surface area contributed by atoms with Crippen LogP contribution in [0.2, 0.25) is 0 Å². The molecule has 21 heavy (non-hydrogen) atoms. The van der Waals surface area contributed by atoms with E-state index in [0.29, 0.717) is 0 Å². The van der Waals surface area contributed by atoms with Gasteiger partial charge in [-0.1, -0.05) is 59.9 Å². The molecule has 0 aromatic heterocycles. The van der Waals surface area contributed by atoms with Crippen LogP contribution in [-0.4, -0.2) is 21.0 Å². The second-order valence-corrected chi connectivity index (χ2v) is 7.09. The van der Waals surface area contributed by atoms with Gasteiger partial charge in [0.1, 0.15) is 6.17 Å². The maximum Gasteiger partial charge on any atom is 0.228 e. The topological polar surface area (TPSA) is 53.2 Å². The predicted octanol–water partition coefficient (Wildman–Crippen LogP) is 3.50. The van der Waals surface area contributed by atoms with E-state index >= 15 is 0 Å². The lowest BCUT2D eigenvalue weighted by Crippen LogP contribution is -2.56. The standard InChI is InChI=1S/C13H16Cl3N3OS/c1-3-10(20)18-11(13(14,15)16)19-12(21)17-9-7-5-4-6-8(9)2/h4-7,11H,3H2,1-2H3,(H,18,20)(H2,17,19,21)/t11-/m0/s1. The van der Waals surface area contributed by atoms with Crippen molar-refractivity contribution in [1.29, 1.82) is 0 Å². The Morgan fingerprint density at radius 1 is 1.29 bits per heavy atom. The molecule has 0 saturated carbocycles. The van der Waals surface area contributed by atoms with Crippen LogP contribution in [0.5, 0.6) is 0 Å². The Labute approximate surface area is 144 Å². The van der Waals surface area contributed by atoms with Crippen LogP contribution in [0.15, 0.2) is 24.3 Å². The number of hydrogen-bond donors (Lipinski definition) is 3. The molecule has 0 saturated heterocycles. The van der Waals surface area contributed by atoms with Crippen LogP contribution in [0.4, 0.5) is 5.69 Å². The molecule has 0 heterocycles. The molecule has 1 aromatic rings. The Bertz CT molecular complexity index is 520. The maximum absolute atomic E-state index is 11.5. The van der Waals surface area contributed by atoms with E-state index in [-0.39, 0.29) is 17.4 Å². The lowest BCUT2D eigenvalue weighted by atomic mass is 10.2. The Balaban J connectivity index is 2.73. The van der Waals surface area contributed by atoms with Crippen LogP contribution in [0.25, 0.3) is 0 Å². The van der Waals surface area contributed by atoms with Gasteiger partial charge in [0.15, 0.2) is 5.11 Å². The number of aryl methyl sites for hydroxylation is 1. The molecule has 1 aromatic carbocycles. The van der Waals surface area contributed by atoms with Crippen molar-refractivity contribution in [2.75, 3.05) is 5.32 Å². The van der Waals surface area contributed by atoms with Crippen molar-refractivity contribution in [2.45, 2.75) is 30.2 Å². The van der Waals surface area contributed by atoms with E-state index in [9.17, 15) is 4.79 Å². The van der Waals surface area contributed by atoms with Crippen molar-refractivity contribution in [3.05, 3.63) is 29.8 Å². The van der Waals surface area contributed by atoms with Crippen molar-refractivity contribution >= 4 is 63.7 Å². The van der Waals surface area contributed by atoms with Crippen molar-refractivity contribution in [2.24, 2.45) is 0 Å². The molecule has 0 spiro atoms. The average molecular weight is 369 g/mol. The lowest BCUT2D eigenvalue weighted by molar-refractivity contribution is -0.121. The van der Waals surface area contributed by atoms with Gasteiger partial charge in [0.05, 0.1) is 0 Å². The van der Waals surface area contributed by atoms with Crippen LogP contribution in [0, 0.1) is 6.92 Å². The number of anilines is 1. The highest BCUT2D eigenvalue weighted by molar-refractivity contribution is 7.80. The van der Waals surface area contributed by atoms with Gasteiger partial charge in [-0.05, 0) is 30.8 Å². The third kappa shape index (κ3) is 6.26. The van der Waals surface area contributed by atoms with E-state index in [1.807, 2.05) is 31.2 Å². The van der Waals surface area contributed by atoms with E-state index in [2.05, 4.69) is 16.0 Å². The Kier molecular flexibility index (Phi) is 7.00. The summed E-state index contributed by atoms with van der Waals surface area (Å²) in [7, 11) is 0. The summed E-state index contributed by atoms with van der Waals surface area (Å²) in [6.07, 6.45) is -0.657. The number of hydrogen-bond acceptors (Lipinski definition) is 2. The summed E-state index contributed by atoms with van der Waals surface area (Å²) < 4.78 is -1.73. The number of carbonyl (C=O) groups excluding carboxylic acids is 1. The highest BCUT2D eigenvalue weighted by Crippen LogP contribution is 2.29. The highest BCUT2D eigenvalue weighted by Gasteiger charge is 2.34. The fraction of sp³-hybridized carbons (Fsp3) is 0.385. The first-order chi connectivity index (χ1) is 9.74. The fourth-order valence-corrected chi connectivity index (χ4v) is 2.02. The fourth-order valence-electron chi connectivity index (χ4n) is 1.47. The summed E-state index contributed by atoms with van der Waals surface area (Å²) >= 11 is 22.7. The van der Waals surface area contributed by atoms with Crippen LogP contribution in [-0.2, 0) is 4.79 Å². The molecule has 0 radical (unpaired) electrons. The molecular formula is C13H16Cl3N3OS. The van der Waals surface area contributed by atoms with Crippen LogP contribution in [0.3, 0.4) is 0 Å². The molecule has 0 unspecified atom stereocenters. The van der Waals surface area contributed by atoms with Gasteiger partial charge in [0.25, 0.3) is 0 Å². The first-order valence-corrected chi connectivity index (χ1v) is 7.77. The SMILES string of the molecule is CCC(=O)N[C@@H](NC(=S)Nc1ccccc1C)C(Cl)(Cl)Cl. The average Bonchev–Trinajstić information content (AvgIpc) is 2.39. The second kappa shape index (κ2) is 8.03. The molecule has 0 fully saturated rings. The molecule has 1 amide bonds. The van der Waals surface area contributed by atoms with E-state index in [4.69, 9.17) is 47.0 Å². The Morgan fingerprint density at radius 3 is 2.43 bits per heavy atom. The zero-order valence-corrected chi connectivity index (χ0v) is 14.6. The molecule has 3 N–H and O–H groups in total. The molecule has 1 atom stereocenters. The van der Waals surface area contributed by atoms with E-state index < -0.39 is 9.96 Å². The minimum atomic E-state index is -1.73. The molecule has 0 bridgehead atoms. The number of amides is 1. The number of benzene rings is 1. The van der Waals surface area contributed by atoms with E-state index in [1.54, 1.807) is 6.92 Å². The number of nitrogens with one attached hydrogen (secondary N) is 3. The Morgan fingerprint density at radius 2 is 1.90 bits per heavy atom. The van der Waals surface area contributed by atoms with Crippen LogP contribution in [0.1, 0.15) is 18.9 Å². The largest absolute Gasteiger partial charge is 0.339 e. The van der Waals surface area contributed by atoms with Gasteiger partial charge in [0.2, 0.25) is 9.70 Å². The monoisotopic (exact) mass is 367 g/mol. The van der Waals surface area contributed by atoms with Gasteiger partial charge in [0, 0.05) is 12.1 Å².